The molecule has 1 amide bonds. The molecular weight excluding hydrogens is 505 g/mol. The SMILES string of the molecule is CCOC(=O)COc1ccc(CP(=O)(O)CCC(NC(=O)OCc2ccccc2)C(=O)OC)cc1OC. The van der Waals surface area contributed by atoms with E-state index in [4.69, 9.17) is 23.7 Å². The maximum atomic E-state index is 12.9. The summed E-state index contributed by atoms with van der Waals surface area (Å²) in [7, 11) is -1.22. The van der Waals surface area contributed by atoms with E-state index >= 15 is 0 Å². The zero-order valence-electron chi connectivity index (χ0n) is 21.0. The minimum Gasteiger partial charge on any atom is -0.493 e. The van der Waals surface area contributed by atoms with Gasteiger partial charge in [-0.25, -0.2) is 14.4 Å². The number of methoxy groups -OCH3 is 2. The minimum absolute atomic E-state index is 0.000387. The lowest BCUT2D eigenvalue weighted by atomic mass is 10.2. The van der Waals surface area contributed by atoms with Gasteiger partial charge >= 0.3 is 18.0 Å². The fourth-order valence-electron chi connectivity index (χ4n) is 3.26. The third kappa shape index (κ3) is 10.5. The highest BCUT2D eigenvalue weighted by Gasteiger charge is 2.28. The molecule has 2 rings (SSSR count). The van der Waals surface area contributed by atoms with Gasteiger partial charge in [0.2, 0.25) is 7.37 Å². The van der Waals surface area contributed by atoms with Gasteiger partial charge < -0.3 is 33.9 Å². The largest absolute Gasteiger partial charge is 0.493 e. The van der Waals surface area contributed by atoms with Crippen LogP contribution >= 0.6 is 7.37 Å². The molecule has 0 aliphatic carbocycles. The third-order valence-corrected chi connectivity index (χ3v) is 6.88. The lowest BCUT2D eigenvalue weighted by Crippen LogP contribution is -2.42. The van der Waals surface area contributed by atoms with E-state index in [0.717, 1.165) is 12.7 Å². The Morgan fingerprint density at radius 2 is 1.73 bits per heavy atom. The van der Waals surface area contributed by atoms with Crippen LogP contribution in [0, 0.1) is 0 Å². The summed E-state index contributed by atoms with van der Waals surface area (Å²) < 4.78 is 38.2. The smallest absolute Gasteiger partial charge is 0.408 e. The Labute approximate surface area is 215 Å². The van der Waals surface area contributed by atoms with Crippen molar-refractivity contribution < 1.29 is 47.5 Å². The van der Waals surface area contributed by atoms with Crippen molar-refractivity contribution in [1.29, 1.82) is 0 Å². The van der Waals surface area contributed by atoms with Gasteiger partial charge in [0.05, 0.1) is 20.8 Å². The van der Waals surface area contributed by atoms with Gasteiger partial charge in [-0.05, 0) is 36.6 Å². The van der Waals surface area contributed by atoms with Crippen molar-refractivity contribution in [2.75, 3.05) is 33.6 Å². The predicted molar refractivity (Wildman–Crippen MR) is 134 cm³/mol. The zero-order valence-corrected chi connectivity index (χ0v) is 21.9. The van der Waals surface area contributed by atoms with E-state index in [0.29, 0.717) is 5.56 Å². The lowest BCUT2D eigenvalue weighted by molar-refractivity contribution is -0.145. The average Bonchev–Trinajstić information content (AvgIpc) is 2.89. The standard InChI is InChI=1S/C25H32NO10P/c1-4-34-23(27)16-35-21-11-10-19(14-22(21)32-2)17-37(30,31)13-12-20(24(28)33-3)26-25(29)36-15-18-8-6-5-7-9-18/h5-11,14,20H,4,12-13,15-17H2,1-3H3,(H,26,29)(H,30,31). The highest BCUT2D eigenvalue weighted by molar-refractivity contribution is 7.57. The summed E-state index contributed by atoms with van der Waals surface area (Å²) in [5.74, 6) is -0.749. The van der Waals surface area contributed by atoms with Gasteiger partial charge in [-0.2, -0.15) is 0 Å². The molecule has 0 fully saturated rings. The number of alkyl carbamates (subject to hydrolysis) is 1. The Hall–Kier alpha value is -3.56. The topological polar surface area (TPSA) is 147 Å². The van der Waals surface area contributed by atoms with Crippen LogP contribution in [0.15, 0.2) is 48.5 Å². The molecule has 0 saturated carbocycles. The first-order valence-corrected chi connectivity index (χ1v) is 13.5. The molecule has 11 nitrogen and oxygen atoms in total. The van der Waals surface area contributed by atoms with Gasteiger partial charge in [-0.15, -0.1) is 0 Å². The number of hydrogen-bond acceptors (Lipinski definition) is 9. The first-order chi connectivity index (χ1) is 17.7. The number of rotatable bonds is 14. The molecule has 0 radical (unpaired) electrons. The highest BCUT2D eigenvalue weighted by atomic mass is 31.2. The molecule has 0 spiro atoms. The zero-order chi connectivity index (χ0) is 27.3. The predicted octanol–water partition coefficient (Wildman–Crippen LogP) is 3.27. The van der Waals surface area contributed by atoms with Crippen LogP contribution in [0.2, 0.25) is 0 Å². The molecule has 0 bridgehead atoms. The molecule has 2 atom stereocenters. The highest BCUT2D eigenvalue weighted by Crippen LogP contribution is 2.46. The summed E-state index contributed by atoms with van der Waals surface area (Å²) in [5, 5.41) is 2.39. The summed E-state index contributed by atoms with van der Waals surface area (Å²) in [4.78, 5) is 46.4. The molecule has 202 valence electrons. The Morgan fingerprint density at radius 3 is 2.38 bits per heavy atom. The van der Waals surface area contributed by atoms with Crippen molar-refractivity contribution in [3.8, 4) is 11.5 Å². The molecule has 2 unspecified atom stereocenters. The van der Waals surface area contributed by atoms with Crippen molar-refractivity contribution in [3.05, 3.63) is 59.7 Å². The maximum absolute atomic E-state index is 12.9. The molecule has 2 aromatic carbocycles. The molecule has 0 heterocycles. The van der Waals surface area contributed by atoms with E-state index in [2.05, 4.69) is 5.32 Å². The molecular formula is C25H32NO10P. The van der Waals surface area contributed by atoms with Crippen LogP contribution in [0.5, 0.6) is 11.5 Å². The monoisotopic (exact) mass is 537 g/mol. The summed E-state index contributed by atoms with van der Waals surface area (Å²) in [6.45, 7) is 1.60. The fraction of sp³-hybridized carbons (Fsp3) is 0.400. The molecule has 0 aliphatic heterocycles. The van der Waals surface area contributed by atoms with Crippen LogP contribution in [-0.2, 0) is 41.1 Å². The van der Waals surface area contributed by atoms with E-state index in [1.165, 1.54) is 19.2 Å². The number of carbonyl (C=O) groups is 3. The van der Waals surface area contributed by atoms with Crippen LogP contribution in [-0.4, -0.2) is 62.6 Å². The fourth-order valence-corrected chi connectivity index (χ4v) is 4.85. The summed E-state index contributed by atoms with van der Waals surface area (Å²) >= 11 is 0. The van der Waals surface area contributed by atoms with Crippen LogP contribution < -0.4 is 14.8 Å². The molecule has 2 N–H and O–H groups in total. The minimum atomic E-state index is -3.78. The first-order valence-electron chi connectivity index (χ1n) is 11.5. The Kier molecular flexibility index (Phi) is 11.9. The Bertz CT molecular complexity index is 1090. The second kappa shape index (κ2) is 14.9. The Morgan fingerprint density at radius 1 is 1.00 bits per heavy atom. The number of esters is 2. The van der Waals surface area contributed by atoms with Crippen molar-refractivity contribution in [1.82, 2.24) is 5.32 Å². The Balaban J connectivity index is 1.96. The van der Waals surface area contributed by atoms with E-state index in [1.807, 2.05) is 6.07 Å². The number of carbonyl (C=O) groups excluding carboxylic acids is 3. The van der Waals surface area contributed by atoms with Gasteiger partial charge in [0.25, 0.3) is 0 Å². The van der Waals surface area contributed by atoms with Gasteiger partial charge in [0, 0.05) is 12.3 Å². The second-order valence-electron chi connectivity index (χ2n) is 7.88. The third-order valence-electron chi connectivity index (χ3n) is 5.07. The van der Waals surface area contributed by atoms with Crippen LogP contribution in [0.3, 0.4) is 0 Å². The average molecular weight is 538 g/mol. The molecule has 12 heteroatoms. The van der Waals surface area contributed by atoms with Gasteiger partial charge in [-0.3, -0.25) is 4.57 Å². The van der Waals surface area contributed by atoms with Crippen LogP contribution in [0.1, 0.15) is 24.5 Å². The number of benzene rings is 2. The summed E-state index contributed by atoms with van der Waals surface area (Å²) in [5.41, 5.74) is 1.25. The lowest BCUT2D eigenvalue weighted by Gasteiger charge is -2.19. The van der Waals surface area contributed by atoms with Crippen molar-refractivity contribution >= 4 is 25.4 Å². The van der Waals surface area contributed by atoms with E-state index in [1.54, 1.807) is 37.3 Å². The van der Waals surface area contributed by atoms with Gasteiger partial charge in [-0.1, -0.05) is 36.4 Å². The summed E-state index contributed by atoms with van der Waals surface area (Å²) in [6.07, 6.45) is -1.47. The molecule has 37 heavy (non-hydrogen) atoms. The van der Waals surface area contributed by atoms with Crippen molar-refractivity contribution in [2.45, 2.75) is 32.2 Å². The van der Waals surface area contributed by atoms with E-state index in [-0.39, 0.29) is 50.1 Å². The molecule has 0 saturated heterocycles. The number of ether oxygens (including phenoxy) is 5. The number of hydrogen-bond donors (Lipinski definition) is 2. The van der Waals surface area contributed by atoms with E-state index < -0.39 is 31.4 Å². The number of nitrogens with one attached hydrogen (secondary N) is 1. The first kappa shape index (κ1) is 29.7. The van der Waals surface area contributed by atoms with Crippen LogP contribution in [0.25, 0.3) is 0 Å². The maximum Gasteiger partial charge on any atom is 0.408 e. The van der Waals surface area contributed by atoms with Crippen molar-refractivity contribution in [3.63, 3.8) is 0 Å². The van der Waals surface area contributed by atoms with Gasteiger partial charge in [0.1, 0.15) is 12.6 Å². The molecule has 0 aliphatic rings. The van der Waals surface area contributed by atoms with E-state index in [9.17, 15) is 23.8 Å². The van der Waals surface area contributed by atoms with Gasteiger partial charge in [0.15, 0.2) is 18.1 Å². The summed E-state index contributed by atoms with van der Waals surface area (Å²) in [6, 6.07) is 12.4. The normalized spacial score (nSPS) is 13.0. The molecule has 0 aromatic heterocycles. The van der Waals surface area contributed by atoms with Crippen molar-refractivity contribution in [2.24, 2.45) is 0 Å². The quantitative estimate of drug-likeness (QED) is 0.209. The molecule has 2 aromatic rings. The van der Waals surface area contributed by atoms with Crippen LogP contribution in [0.4, 0.5) is 4.79 Å². The second-order valence-corrected chi connectivity index (χ2v) is 10.3. The number of amides is 1.